The molecular formula is C19H22ClN3O2. The molecule has 6 heteroatoms. The standard InChI is InChI=1S/C19H22ClN3O2/c1-3-14-10-23(17-8-7-13(21)9-18(17)25-14)11-19(24)22-16-6-4-5-15(20)12(16)2/h4-9,14H,3,10-11,21H2,1-2H3,(H,22,24). The van der Waals surface area contributed by atoms with Crippen LogP contribution in [0, 0.1) is 6.92 Å². The van der Waals surface area contributed by atoms with Crippen molar-refractivity contribution in [3.63, 3.8) is 0 Å². The fraction of sp³-hybridized carbons (Fsp3) is 0.316. The molecule has 2 aromatic rings. The van der Waals surface area contributed by atoms with Gasteiger partial charge in [0.25, 0.3) is 0 Å². The average Bonchev–Trinajstić information content (AvgIpc) is 2.58. The van der Waals surface area contributed by atoms with E-state index in [2.05, 4.69) is 12.2 Å². The molecule has 1 amide bonds. The van der Waals surface area contributed by atoms with E-state index in [-0.39, 0.29) is 18.6 Å². The summed E-state index contributed by atoms with van der Waals surface area (Å²) in [6.07, 6.45) is 0.898. The van der Waals surface area contributed by atoms with E-state index in [1.165, 1.54) is 0 Å². The van der Waals surface area contributed by atoms with Gasteiger partial charge in [0.05, 0.1) is 18.8 Å². The van der Waals surface area contributed by atoms with E-state index in [0.29, 0.717) is 17.3 Å². The number of hydrogen-bond acceptors (Lipinski definition) is 4. The van der Waals surface area contributed by atoms with Gasteiger partial charge < -0.3 is 20.7 Å². The second-order valence-electron chi connectivity index (χ2n) is 6.22. The minimum absolute atomic E-state index is 0.0370. The van der Waals surface area contributed by atoms with Crippen molar-refractivity contribution in [3.8, 4) is 5.75 Å². The van der Waals surface area contributed by atoms with Crippen LogP contribution in [0.25, 0.3) is 0 Å². The van der Waals surface area contributed by atoms with Crippen molar-refractivity contribution in [2.45, 2.75) is 26.4 Å². The quantitative estimate of drug-likeness (QED) is 0.814. The third kappa shape index (κ3) is 3.82. The van der Waals surface area contributed by atoms with Crippen molar-refractivity contribution in [2.24, 2.45) is 0 Å². The van der Waals surface area contributed by atoms with E-state index in [4.69, 9.17) is 22.1 Å². The summed E-state index contributed by atoms with van der Waals surface area (Å²) in [5.41, 5.74) is 8.98. The van der Waals surface area contributed by atoms with Gasteiger partial charge in [0.15, 0.2) is 0 Å². The molecule has 2 aromatic carbocycles. The lowest BCUT2D eigenvalue weighted by Crippen LogP contribution is -2.43. The van der Waals surface area contributed by atoms with Crippen LogP contribution in [0.4, 0.5) is 17.1 Å². The Balaban J connectivity index is 1.77. The number of carbonyl (C=O) groups is 1. The van der Waals surface area contributed by atoms with Crippen LogP contribution >= 0.6 is 11.6 Å². The van der Waals surface area contributed by atoms with Gasteiger partial charge in [0.2, 0.25) is 5.91 Å². The van der Waals surface area contributed by atoms with Crippen LogP contribution in [-0.4, -0.2) is 25.1 Å². The molecule has 3 N–H and O–H groups in total. The van der Waals surface area contributed by atoms with Crippen LogP contribution in [0.5, 0.6) is 5.75 Å². The van der Waals surface area contributed by atoms with Crippen molar-refractivity contribution in [1.82, 2.24) is 0 Å². The number of anilines is 3. The molecule has 132 valence electrons. The summed E-state index contributed by atoms with van der Waals surface area (Å²) in [6, 6.07) is 11.0. The van der Waals surface area contributed by atoms with Crippen LogP contribution in [0.15, 0.2) is 36.4 Å². The van der Waals surface area contributed by atoms with E-state index in [1.54, 1.807) is 6.07 Å². The smallest absolute Gasteiger partial charge is 0.243 e. The molecule has 0 bridgehead atoms. The van der Waals surface area contributed by atoms with E-state index >= 15 is 0 Å². The predicted molar refractivity (Wildman–Crippen MR) is 103 cm³/mol. The summed E-state index contributed by atoms with van der Waals surface area (Å²) in [6.45, 7) is 4.85. The van der Waals surface area contributed by atoms with Gasteiger partial charge in [-0.3, -0.25) is 4.79 Å². The zero-order valence-electron chi connectivity index (χ0n) is 14.4. The first-order valence-corrected chi connectivity index (χ1v) is 8.71. The van der Waals surface area contributed by atoms with E-state index in [0.717, 1.165) is 29.1 Å². The number of hydrogen-bond donors (Lipinski definition) is 2. The molecule has 0 radical (unpaired) electrons. The van der Waals surface area contributed by atoms with Crippen molar-refractivity contribution < 1.29 is 9.53 Å². The van der Waals surface area contributed by atoms with Crippen LogP contribution in [0.2, 0.25) is 5.02 Å². The van der Waals surface area contributed by atoms with Gasteiger partial charge in [-0.2, -0.15) is 0 Å². The van der Waals surface area contributed by atoms with Crippen molar-refractivity contribution in [3.05, 3.63) is 47.0 Å². The van der Waals surface area contributed by atoms with Crippen LogP contribution in [0.3, 0.4) is 0 Å². The fourth-order valence-electron chi connectivity index (χ4n) is 2.92. The maximum absolute atomic E-state index is 12.6. The summed E-state index contributed by atoms with van der Waals surface area (Å²) < 4.78 is 5.96. The molecule has 25 heavy (non-hydrogen) atoms. The SMILES string of the molecule is CCC1CN(CC(=O)Nc2cccc(Cl)c2C)c2ccc(N)cc2O1. The van der Waals surface area contributed by atoms with Gasteiger partial charge >= 0.3 is 0 Å². The highest BCUT2D eigenvalue weighted by Crippen LogP contribution is 2.35. The van der Waals surface area contributed by atoms with E-state index < -0.39 is 0 Å². The zero-order valence-corrected chi connectivity index (χ0v) is 15.1. The van der Waals surface area contributed by atoms with E-state index in [9.17, 15) is 4.79 Å². The first-order valence-electron chi connectivity index (χ1n) is 8.34. The molecule has 3 rings (SSSR count). The molecular weight excluding hydrogens is 338 g/mol. The van der Waals surface area contributed by atoms with Crippen LogP contribution in [0.1, 0.15) is 18.9 Å². The molecule has 0 saturated carbocycles. The van der Waals surface area contributed by atoms with Gasteiger partial charge in [0.1, 0.15) is 11.9 Å². The topological polar surface area (TPSA) is 67.6 Å². The van der Waals surface area contributed by atoms with Crippen molar-refractivity contribution in [1.29, 1.82) is 0 Å². The third-order valence-corrected chi connectivity index (χ3v) is 4.78. The largest absolute Gasteiger partial charge is 0.486 e. The monoisotopic (exact) mass is 359 g/mol. The Bertz CT molecular complexity index is 794. The number of ether oxygens (including phenoxy) is 1. The lowest BCUT2D eigenvalue weighted by molar-refractivity contribution is -0.115. The second kappa shape index (κ2) is 7.23. The molecule has 0 saturated heterocycles. The highest BCUT2D eigenvalue weighted by Gasteiger charge is 2.26. The maximum Gasteiger partial charge on any atom is 0.243 e. The van der Waals surface area contributed by atoms with Crippen molar-refractivity contribution in [2.75, 3.05) is 29.0 Å². The molecule has 0 aromatic heterocycles. The van der Waals surface area contributed by atoms with Gasteiger partial charge in [-0.25, -0.2) is 0 Å². The highest BCUT2D eigenvalue weighted by atomic mass is 35.5. The molecule has 0 aliphatic carbocycles. The lowest BCUT2D eigenvalue weighted by atomic mass is 10.1. The molecule has 0 fully saturated rings. The highest BCUT2D eigenvalue weighted by molar-refractivity contribution is 6.31. The van der Waals surface area contributed by atoms with Crippen LogP contribution in [-0.2, 0) is 4.79 Å². The second-order valence-corrected chi connectivity index (χ2v) is 6.62. The van der Waals surface area contributed by atoms with Gasteiger partial charge in [-0.15, -0.1) is 0 Å². The Morgan fingerprint density at radius 3 is 2.96 bits per heavy atom. The Morgan fingerprint density at radius 2 is 2.20 bits per heavy atom. The Morgan fingerprint density at radius 1 is 1.40 bits per heavy atom. The predicted octanol–water partition coefficient (Wildman–Crippen LogP) is 3.85. The van der Waals surface area contributed by atoms with Crippen molar-refractivity contribution >= 4 is 34.6 Å². The molecule has 1 heterocycles. The number of nitrogens with one attached hydrogen (secondary N) is 1. The number of nitrogens with zero attached hydrogens (tertiary/aromatic N) is 1. The lowest BCUT2D eigenvalue weighted by Gasteiger charge is -2.35. The summed E-state index contributed by atoms with van der Waals surface area (Å²) in [4.78, 5) is 14.6. The zero-order chi connectivity index (χ0) is 18.0. The summed E-state index contributed by atoms with van der Waals surface area (Å²) >= 11 is 6.12. The summed E-state index contributed by atoms with van der Waals surface area (Å²) in [5.74, 6) is 0.634. The maximum atomic E-state index is 12.6. The number of halogens is 1. The molecule has 1 atom stereocenters. The minimum atomic E-state index is -0.0927. The molecule has 1 aliphatic heterocycles. The Labute approximate surface area is 152 Å². The molecule has 1 aliphatic rings. The molecule has 0 spiro atoms. The Hall–Kier alpha value is -2.40. The summed E-state index contributed by atoms with van der Waals surface area (Å²) in [7, 11) is 0. The van der Waals surface area contributed by atoms with Crippen LogP contribution < -0.4 is 20.7 Å². The fourth-order valence-corrected chi connectivity index (χ4v) is 3.09. The number of nitrogen functional groups attached to an aromatic ring is 1. The first-order chi connectivity index (χ1) is 12.0. The Kier molecular flexibility index (Phi) is 5.04. The third-order valence-electron chi connectivity index (χ3n) is 4.37. The number of benzene rings is 2. The van der Waals surface area contributed by atoms with E-state index in [1.807, 2.05) is 42.2 Å². The molecule has 1 unspecified atom stereocenters. The first kappa shape index (κ1) is 17.4. The molecule has 5 nitrogen and oxygen atoms in total. The normalized spacial score (nSPS) is 16.1. The number of nitrogens with two attached hydrogens (primary N) is 1. The number of amides is 1. The number of rotatable bonds is 4. The van der Waals surface area contributed by atoms with Gasteiger partial charge in [0, 0.05) is 22.5 Å². The number of carbonyl (C=O) groups excluding carboxylic acids is 1. The van der Waals surface area contributed by atoms with Gasteiger partial charge in [-0.1, -0.05) is 24.6 Å². The number of fused-ring (bicyclic) bond motifs is 1. The average molecular weight is 360 g/mol. The summed E-state index contributed by atoms with van der Waals surface area (Å²) in [5, 5.41) is 3.58. The van der Waals surface area contributed by atoms with Gasteiger partial charge in [-0.05, 0) is 43.2 Å². The minimum Gasteiger partial charge on any atom is -0.486 e.